The first kappa shape index (κ1) is 9.97. The van der Waals surface area contributed by atoms with Crippen molar-refractivity contribution in [1.29, 1.82) is 0 Å². The van der Waals surface area contributed by atoms with E-state index in [9.17, 15) is 0 Å². The van der Waals surface area contributed by atoms with Crippen molar-refractivity contribution in [2.75, 3.05) is 0 Å². The van der Waals surface area contributed by atoms with Gasteiger partial charge in [0.25, 0.3) is 0 Å². The summed E-state index contributed by atoms with van der Waals surface area (Å²) in [4.78, 5) is 0. The number of benzene rings is 2. The van der Waals surface area contributed by atoms with Gasteiger partial charge in [-0.1, -0.05) is 18.2 Å². The van der Waals surface area contributed by atoms with Crippen LogP contribution in [0.4, 0.5) is 0 Å². The zero-order valence-corrected chi connectivity index (χ0v) is 9.51. The van der Waals surface area contributed by atoms with Gasteiger partial charge >= 0.3 is 0 Å². The molecule has 0 spiro atoms. The van der Waals surface area contributed by atoms with E-state index in [2.05, 4.69) is 0 Å². The Morgan fingerprint density at radius 1 is 0.941 bits per heavy atom. The Morgan fingerprint density at radius 3 is 2.59 bits per heavy atom. The number of fused-ring (bicyclic) bond motifs is 1. The molecular weight excluding hydrogens is 212 g/mol. The van der Waals surface area contributed by atoms with Crippen LogP contribution >= 0.6 is 0 Å². The minimum absolute atomic E-state index is 0.824. The van der Waals surface area contributed by atoms with E-state index < -0.39 is 0 Å². The van der Waals surface area contributed by atoms with Crippen LogP contribution in [0.25, 0.3) is 10.8 Å². The molecule has 0 aliphatic rings. The van der Waals surface area contributed by atoms with E-state index >= 15 is 0 Å². The molecule has 0 amide bonds. The van der Waals surface area contributed by atoms with Crippen molar-refractivity contribution in [3.63, 3.8) is 0 Å². The van der Waals surface area contributed by atoms with Crippen molar-refractivity contribution in [3.8, 4) is 11.5 Å². The highest BCUT2D eigenvalue weighted by atomic mass is 16.5. The average molecular weight is 224 g/mol. The molecule has 0 aliphatic carbocycles. The molecule has 0 radical (unpaired) electrons. The van der Waals surface area contributed by atoms with Gasteiger partial charge in [-0.2, -0.15) is 0 Å². The first-order valence-corrected chi connectivity index (χ1v) is 5.54. The molecule has 3 rings (SSSR count). The maximum absolute atomic E-state index is 5.75. The number of ether oxygens (including phenoxy) is 1. The summed E-state index contributed by atoms with van der Waals surface area (Å²) >= 11 is 0. The highest BCUT2D eigenvalue weighted by Gasteiger charge is 2.03. The van der Waals surface area contributed by atoms with E-state index in [1.807, 2.05) is 55.5 Å². The van der Waals surface area contributed by atoms with Crippen molar-refractivity contribution in [3.05, 3.63) is 60.6 Å². The minimum Gasteiger partial charge on any atom is -0.468 e. The highest BCUT2D eigenvalue weighted by Crippen LogP contribution is 2.27. The Hall–Kier alpha value is -2.22. The normalized spacial score (nSPS) is 10.6. The van der Waals surface area contributed by atoms with Crippen LogP contribution < -0.4 is 4.74 Å². The molecule has 0 saturated heterocycles. The molecule has 2 heteroatoms. The van der Waals surface area contributed by atoms with E-state index in [4.69, 9.17) is 9.15 Å². The molecule has 0 aliphatic heterocycles. The maximum atomic E-state index is 5.75. The number of rotatable bonds is 2. The van der Waals surface area contributed by atoms with Crippen LogP contribution in [0.3, 0.4) is 0 Å². The van der Waals surface area contributed by atoms with Gasteiger partial charge in [0.1, 0.15) is 17.3 Å². The first-order valence-electron chi connectivity index (χ1n) is 5.54. The molecule has 84 valence electrons. The summed E-state index contributed by atoms with van der Waals surface area (Å²) in [5.74, 6) is 2.60. The lowest BCUT2D eigenvalue weighted by molar-refractivity contribution is 0.483. The second-order valence-electron chi connectivity index (χ2n) is 3.96. The molecule has 0 fully saturated rings. The maximum Gasteiger partial charge on any atom is 0.128 e. The molecule has 0 N–H and O–H groups in total. The number of para-hydroxylation sites is 1. The van der Waals surface area contributed by atoms with Crippen LogP contribution in [0.15, 0.2) is 59.2 Å². The molecule has 0 bridgehead atoms. The first-order chi connectivity index (χ1) is 8.33. The SMILES string of the molecule is Cc1occ2cc(Oc3ccccc3)ccc12. The van der Waals surface area contributed by atoms with Gasteiger partial charge in [-0.15, -0.1) is 0 Å². The lowest BCUT2D eigenvalue weighted by Crippen LogP contribution is -1.82. The standard InChI is InChI=1S/C15H12O2/c1-11-15-8-7-14(9-12(15)10-16-11)17-13-5-3-2-4-6-13/h2-10H,1H3. The topological polar surface area (TPSA) is 22.4 Å². The second-order valence-corrected chi connectivity index (χ2v) is 3.96. The lowest BCUT2D eigenvalue weighted by Gasteiger charge is -2.04. The highest BCUT2D eigenvalue weighted by molar-refractivity contribution is 5.85. The van der Waals surface area contributed by atoms with Crippen molar-refractivity contribution in [2.24, 2.45) is 0 Å². The van der Waals surface area contributed by atoms with Crippen LogP contribution in [0.5, 0.6) is 11.5 Å². The van der Waals surface area contributed by atoms with Crippen LogP contribution in [0.2, 0.25) is 0 Å². The number of aryl methyl sites for hydroxylation is 1. The predicted octanol–water partition coefficient (Wildman–Crippen LogP) is 4.53. The Labute approximate surface area is 99.4 Å². The second kappa shape index (κ2) is 3.98. The molecular formula is C15H12O2. The summed E-state index contributed by atoms with van der Waals surface area (Å²) in [7, 11) is 0. The molecule has 1 heterocycles. The Morgan fingerprint density at radius 2 is 1.76 bits per heavy atom. The van der Waals surface area contributed by atoms with Crippen molar-refractivity contribution in [1.82, 2.24) is 0 Å². The Bertz CT molecular complexity index is 638. The number of hydrogen-bond acceptors (Lipinski definition) is 2. The lowest BCUT2D eigenvalue weighted by atomic mass is 10.2. The fourth-order valence-electron chi connectivity index (χ4n) is 1.86. The van der Waals surface area contributed by atoms with Gasteiger partial charge in [-0.3, -0.25) is 0 Å². The summed E-state index contributed by atoms with van der Waals surface area (Å²) < 4.78 is 11.1. The summed E-state index contributed by atoms with van der Waals surface area (Å²) in [6.45, 7) is 1.96. The van der Waals surface area contributed by atoms with Crippen molar-refractivity contribution in [2.45, 2.75) is 6.92 Å². The summed E-state index contributed by atoms with van der Waals surface area (Å²) in [5.41, 5.74) is 0. The van der Waals surface area contributed by atoms with Gasteiger partial charge < -0.3 is 9.15 Å². The van der Waals surface area contributed by atoms with Gasteiger partial charge in [-0.25, -0.2) is 0 Å². The van der Waals surface area contributed by atoms with Crippen LogP contribution in [0.1, 0.15) is 5.76 Å². The van der Waals surface area contributed by atoms with E-state index in [1.54, 1.807) is 6.26 Å². The summed E-state index contributed by atoms with van der Waals surface area (Å²) in [6.07, 6.45) is 1.75. The summed E-state index contributed by atoms with van der Waals surface area (Å²) in [5, 5.41) is 2.20. The predicted molar refractivity (Wildman–Crippen MR) is 67.5 cm³/mol. The summed E-state index contributed by atoms with van der Waals surface area (Å²) in [6, 6.07) is 15.7. The van der Waals surface area contributed by atoms with E-state index in [-0.39, 0.29) is 0 Å². The smallest absolute Gasteiger partial charge is 0.128 e. The molecule has 17 heavy (non-hydrogen) atoms. The third-order valence-electron chi connectivity index (χ3n) is 2.74. The third kappa shape index (κ3) is 1.89. The van der Waals surface area contributed by atoms with Gasteiger partial charge in [0, 0.05) is 10.8 Å². The zero-order valence-electron chi connectivity index (χ0n) is 9.51. The van der Waals surface area contributed by atoms with E-state index in [1.165, 1.54) is 0 Å². The monoisotopic (exact) mass is 224 g/mol. The van der Waals surface area contributed by atoms with Crippen LogP contribution in [-0.2, 0) is 0 Å². The molecule has 1 aromatic heterocycles. The average Bonchev–Trinajstić information content (AvgIpc) is 2.72. The zero-order chi connectivity index (χ0) is 11.7. The molecule has 2 aromatic carbocycles. The number of furan rings is 1. The Balaban J connectivity index is 1.96. The van der Waals surface area contributed by atoms with Crippen molar-refractivity contribution >= 4 is 10.8 Å². The van der Waals surface area contributed by atoms with E-state index in [0.717, 1.165) is 28.0 Å². The van der Waals surface area contributed by atoms with Gasteiger partial charge in [0.2, 0.25) is 0 Å². The van der Waals surface area contributed by atoms with Crippen molar-refractivity contribution < 1.29 is 9.15 Å². The fraction of sp³-hybridized carbons (Fsp3) is 0.0667. The number of hydrogen-bond donors (Lipinski definition) is 0. The Kier molecular flexibility index (Phi) is 2.33. The van der Waals surface area contributed by atoms with Crippen LogP contribution in [0, 0.1) is 6.92 Å². The van der Waals surface area contributed by atoms with Crippen LogP contribution in [-0.4, -0.2) is 0 Å². The fourth-order valence-corrected chi connectivity index (χ4v) is 1.86. The quantitative estimate of drug-likeness (QED) is 0.638. The molecule has 0 atom stereocenters. The molecule has 3 aromatic rings. The van der Waals surface area contributed by atoms with Gasteiger partial charge in [-0.05, 0) is 37.3 Å². The molecule has 0 saturated carbocycles. The van der Waals surface area contributed by atoms with Gasteiger partial charge in [0.05, 0.1) is 6.26 Å². The third-order valence-corrected chi connectivity index (χ3v) is 2.74. The minimum atomic E-state index is 0.824. The van der Waals surface area contributed by atoms with Gasteiger partial charge in [0.15, 0.2) is 0 Å². The largest absolute Gasteiger partial charge is 0.468 e. The molecule has 0 unspecified atom stereocenters. The molecule has 2 nitrogen and oxygen atoms in total. The van der Waals surface area contributed by atoms with E-state index in [0.29, 0.717) is 0 Å².